The lowest BCUT2D eigenvalue weighted by atomic mass is 10.1. The highest BCUT2D eigenvalue weighted by atomic mass is 32.2. The van der Waals surface area contributed by atoms with Crippen molar-refractivity contribution >= 4 is 23.4 Å². The van der Waals surface area contributed by atoms with Gasteiger partial charge in [0.2, 0.25) is 11.8 Å². The highest BCUT2D eigenvalue weighted by molar-refractivity contribution is 7.99. The van der Waals surface area contributed by atoms with Crippen LogP contribution < -0.4 is 5.32 Å². The Morgan fingerprint density at radius 1 is 0.926 bits per heavy atom. The maximum atomic E-state index is 12.3. The van der Waals surface area contributed by atoms with E-state index < -0.39 is 0 Å². The maximum absolute atomic E-state index is 12.3. The Morgan fingerprint density at radius 3 is 2.15 bits per heavy atom. The minimum absolute atomic E-state index is 0.0961. The summed E-state index contributed by atoms with van der Waals surface area (Å²) >= 11 is 1.23. The molecule has 0 unspecified atom stereocenters. The van der Waals surface area contributed by atoms with E-state index in [-0.39, 0.29) is 11.7 Å². The number of benzene rings is 2. The number of anilines is 1. The Hall–Kier alpha value is -2.60. The van der Waals surface area contributed by atoms with E-state index in [9.17, 15) is 4.79 Å². The first-order valence-corrected chi connectivity index (χ1v) is 9.73. The number of aryl methyl sites for hydroxylation is 5. The van der Waals surface area contributed by atoms with Gasteiger partial charge in [0.15, 0.2) is 0 Å². The molecule has 3 aromatic rings. The Kier molecular flexibility index (Phi) is 5.65. The van der Waals surface area contributed by atoms with E-state index in [2.05, 4.69) is 33.7 Å². The van der Waals surface area contributed by atoms with Gasteiger partial charge in [0, 0.05) is 11.3 Å². The first-order chi connectivity index (χ1) is 12.8. The van der Waals surface area contributed by atoms with Crippen LogP contribution in [-0.2, 0) is 4.79 Å². The summed E-state index contributed by atoms with van der Waals surface area (Å²) < 4.78 is 5.70. The molecule has 0 spiro atoms. The van der Waals surface area contributed by atoms with Gasteiger partial charge < -0.3 is 9.73 Å². The van der Waals surface area contributed by atoms with Crippen LogP contribution in [0.4, 0.5) is 5.69 Å². The second-order valence-corrected chi connectivity index (χ2v) is 7.79. The van der Waals surface area contributed by atoms with E-state index in [0.29, 0.717) is 11.1 Å². The van der Waals surface area contributed by atoms with Crippen molar-refractivity contribution in [3.05, 3.63) is 58.1 Å². The lowest BCUT2D eigenvalue weighted by Gasteiger charge is -2.12. The molecule has 3 rings (SSSR count). The SMILES string of the molecule is Cc1cc(C)cc(-c2nnc(SCC(=O)Nc3c(C)cc(C)cc3C)o2)c1. The topological polar surface area (TPSA) is 68.0 Å². The highest BCUT2D eigenvalue weighted by Gasteiger charge is 2.13. The van der Waals surface area contributed by atoms with Crippen molar-refractivity contribution in [3.8, 4) is 11.5 Å². The molecule has 1 N–H and O–H groups in total. The highest BCUT2D eigenvalue weighted by Crippen LogP contribution is 2.26. The molecular weight excluding hydrogens is 358 g/mol. The van der Waals surface area contributed by atoms with Crippen LogP contribution in [0.1, 0.15) is 27.8 Å². The number of nitrogens with zero attached hydrogens (tertiary/aromatic N) is 2. The molecule has 0 aliphatic rings. The van der Waals surface area contributed by atoms with Crippen LogP contribution in [0.5, 0.6) is 0 Å². The molecule has 0 bridgehead atoms. The predicted octanol–water partition coefficient (Wildman–Crippen LogP) is 5.01. The van der Waals surface area contributed by atoms with Gasteiger partial charge >= 0.3 is 0 Å². The standard InChI is InChI=1S/C21H23N3O2S/c1-12-6-13(2)10-17(9-12)20-23-24-21(26-20)27-11-18(25)22-19-15(4)7-14(3)8-16(19)5/h6-10H,11H2,1-5H3,(H,22,25). The Morgan fingerprint density at radius 2 is 1.52 bits per heavy atom. The molecule has 0 fully saturated rings. The van der Waals surface area contributed by atoms with Crippen LogP contribution in [0, 0.1) is 34.6 Å². The Balaban J connectivity index is 1.64. The summed E-state index contributed by atoms with van der Waals surface area (Å²) in [7, 11) is 0. The van der Waals surface area contributed by atoms with E-state index >= 15 is 0 Å². The van der Waals surface area contributed by atoms with Crippen molar-refractivity contribution in [1.82, 2.24) is 10.2 Å². The van der Waals surface area contributed by atoms with E-state index in [0.717, 1.165) is 33.5 Å². The number of carbonyl (C=O) groups excluding carboxylic acids is 1. The number of nitrogens with one attached hydrogen (secondary N) is 1. The Bertz CT molecular complexity index is 952. The van der Waals surface area contributed by atoms with Crippen molar-refractivity contribution in [2.45, 2.75) is 39.8 Å². The van der Waals surface area contributed by atoms with E-state index in [4.69, 9.17) is 4.42 Å². The van der Waals surface area contributed by atoms with Gasteiger partial charge in [-0.1, -0.05) is 46.7 Å². The molecule has 0 saturated carbocycles. The van der Waals surface area contributed by atoms with Gasteiger partial charge in [-0.15, -0.1) is 10.2 Å². The second kappa shape index (κ2) is 7.96. The summed E-state index contributed by atoms with van der Waals surface area (Å²) in [6, 6.07) is 10.2. The van der Waals surface area contributed by atoms with Gasteiger partial charge in [0.05, 0.1) is 5.75 Å². The average Bonchev–Trinajstić information content (AvgIpc) is 3.04. The van der Waals surface area contributed by atoms with Crippen LogP contribution in [-0.4, -0.2) is 21.9 Å². The molecule has 2 aromatic carbocycles. The summed E-state index contributed by atoms with van der Waals surface area (Å²) in [4.78, 5) is 12.3. The van der Waals surface area contributed by atoms with Crippen molar-refractivity contribution in [2.24, 2.45) is 0 Å². The zero-order valence-electron chi connectivity index (χ0n) is 16.2. The van der Waals surface area contributed by atoms with Crippen molar-refractivity contribution in [3.63, 3.8) is 0 Å². The largest absolute Gasteiger partial charge is 0.411 e. The van der Waals surface area contributed by atoms with Crippen LogP contribution in [0.25, 0.3) is 11.5 Å². The molecule has 140 valence electrons. The summed E-state index contributed by atoms with van der Waals surface area (Å²) in [5.74, 6) is 0.581. The van der Waals surface area contributed by atoms with Crippen LogP contribution in [0.3, 0.4) is 0 Å². The molecule has 0 radical (unpaired) electrons. The summed E-state index contributed by atoms with van der Waals surface area (Å²) in [6.45, 7) is 10.1. The zero-order chi connectivity index (χ0) is 19.6. The molecule has 0 aliphatic carbocycles. The number of aromatic nitrogens is 2. The Labute approximate surface area is 163 Å². The monoisotopic (exact) mass is 381 g/mol. The van der Waals surface area contributed by atoms with Crippen LogP contribution in [0.15, 0.2) is 40.0 Å². The van der Waals surface area contributed by atoms with Gasteiger partial charge in [-0.3, -0.25) is 4.79 Å². The molecule has 0 saturated heterocycles. The van der Waals surface area contributed by atoms with Gasteiger partial charge in [0.1, 0.15) is 0 Å². The first kappa shape index (κ1) is 19.2. The number of amides is 1. The van der Waals surface area contributed by atoms with Crippen molar-refractivity contribution in [1.29, 1.82) is 0 Å². The molecule has 0 aliphatic heterocycles. The van der Waals surface area contributed by atoms with Crippen LogP contribution >= 0.6 is 11.8 Å². The maximum Gasteiger partial charge on any atom is 0.277 e. The minimum Gasteiger partial charge on any atom is -0.411 e. The number of hydrogen-bond acceptors (Lipinski definition) is 5. The second-order valence-electron chi connectivity index (χ2n) is 6.86. The molecule has 6 heteroatoms. The van der Waals surface area contributed by atoms with Gasteiger partial charge in [-0.2, -0.15) is 0 Å². The summed E-state index contributed by atoms with van der Waals surface area (Å²) in [5.41, 5.74) is 7.33. The van der Waals surface area contributed by atoms with E-state index in [1.165, 1.54) is 17.3 Å². The number of rotatable bonds is 5. The van der Waals surface area contributed by atoms with Crippen LogP contribution in [0.2, 0.25) is 0 Å². The lowest BCUT2D eigenvalue weighted by Crippen LogP contribution is -2.15. The molecule has 5 nitrogen and oxygen atoms in total. The van der Waals surface area contributed by atoms with Crippen molar-refractivity contribution in [2.75, 3.05) is 11.1 Å². The minimum atomic E-state index is -0.0961. The number of carbonyl (C=O) groups is 1. The predicted molar refractivity (Wildman–Crippen MR) is 109 cm³/mol. The molecule has 1 heterocycles. The fraction of sp³-hybridized carbons (Fsp3) is 0.286. The van der Waals surface area contributed by atoms with Crippen molar-refractivity contribution < 1.29 is 9.21 Å². The van der Waals surface area contributed by atoms with E-state index in [1.807, 2.05) is 46.8 Å². The molecule has 1 amide bonds. The third-order valence-electron chi connectivity index (χ3n) is 4.14. The average molecular weight is 382 g/mol. The fourth-order valence-electron chi connectivity index (χ4n) is 3.16. The van der Waals surface area contributed by atoms with Gasteiger partial charge in [-0.25, -0.2) is 0 Å². The summed E-state index contributed by atoms with van der Waals surface area (Å²) in [6.07, 6.45) is 0. The fourth-order valence-corrected chi connectivity index (χ4v) is 3.73. The summed E-state index contributed by atoms with van der Waals surface area (Å²) in [5, 5.41) is 11.5. The number of thioether (sulfide) groups is 1. The zero-order valence-corrected chi connectivity index (χ0v) is 17.0. The third-order valence-corrected chi connectivity index (χ3v) is 4.96. The smallest absolute Gasteiger partial charge is 0.277 e. The first-order valence-electron chi connectivity index (χ1n) is 8.74. The molecular formula is C21H23N3O2S. The number of hydrogen-bond donors (Lipinski definition) is 1. The molecule has 1 aromatic heterocycles. The van der Waals surface area contributed by atoms with Gasteiger partial charge in [0.25, 0.3) is 5.22 Å². The normalized spacial score (nSPS) is 10.9. The molecule has 0 atom stereocenters. The lowest BCUT2D eigenvalue weighted by molar-refractivity contribution is -0.113. The quantitative estimate of drug-likeness (QED) is 0.629. The van der Waals surface area contributed by atoms with E-state index in [1.54, 1.807) is 0 Å². The van der Waals surface area contributed by atoms with Gasteiger partial charge in [-0.05, 0) is 57.9 Å². The molecule has 27 heavy (non-hydrogen) atoms. The third kappa shape index (κ3) is 4.77.